The Morgan fingerprint density at radius 2 is 2.04 bits per heavy atom. The van der Waals surface area contributed by atoms with Gasteiger partial charge in [-0.25, -0.2) is 4.98 Å². The fraction of sp³-hybridized carbons (Fsp3) is 0.524. The van der Waals surface area contributed by atoms with Crippen molar-refractivity contribution in [3.63, 3.8) is 0 Å². The van der Waals surface area contributed by atoms with E-state index in [1.165, 1.54) is 11.1 Å². The van der Waals surface area contributed by atoms with E-state index in [1.807, 2.05) is 16.3 Å². The molecule has 0 aliphatic rings. The summed E-state index contributed by atoms with van der Waals surface area (Å²) in [6.45, 7) is 12.2. The van der Waals surface area contributed by atoms with Crippen LogP contribution in [0.1, 0.15) is 55.4 Å². The zero-order valence-electron chi connectivity index (χ0n) is 16.5. The third-order valence-corrected chi connectivity index (χ3v) is 5.09. The smallest absolute Gasteiger partial charge is 0.223 e. The third-order valence-electron chi connectivity index (χ3n) is 4.22. The van der Waals surface area contributed by atoms with Gasteiger partial charge in [0.2, 0.25) is 5.91 Å². The van der Waals surface area contributed by atoms with E-state index in [9.17, 15) is 4.79 Å². The van der Waals surface area contributed by atoms with Crippen molar-refractivity contribution in [2.45, 2.75) is 60.6 Å². The molecule has 0 saturated carbocycles. The van der Waals surface area contributed by atoms with Gasteiger partial charge >= 0.3 is 0 Å². The molecule has 142 valence electrons. The van der Waals surface area contributed by atoms with Crippen LogP contribution in [0.2, 0.25) is 0 Å². The minimum absolute atomic E-state index is 0.211. The van der Waals surface area contributed by atoms with Crippen LogP contribution in [-0.4, -0.2) is 22.3 Å². The average Bonchev–Trinajstić information content (AvgIpc) is 3.02. The molecule has 0 aliphatic heterocycles. The zero-order chi connectivity index (χ0) is 19.1. The molecule has 0 unspecified atom stereocenters. The Kier molecular flexibility index (Phi) is 7.64. The highest BCUT2D eigenvalue weighted by atomic mass is 32.1. The van der Waals surface area contributed by atoms with Crippen LogP contribution in [0.25, 0.3) is 0 Å². The fourth-order valence-corrected chi connectivity index (χ4v) is 3.37. The first-order valence-electron chi connectivity index (χ1n) is 9.30. The lowest BCUT2D eigenvalue weighted by Gasteiger charge is -2.22. The molecule has 0 aliphatic carbocycles. The van der Waals surface area contributed by atoms with Gasteiger partial charge in [-0.1, -0.05) is 26.8 Å². The molecule has 0 N–H and O–H groups in total. The van der Waals surface area contributed by atoms with Gasteiger partial charge in [-0.15, -0.1) is 11.3 Å². The summed E-state index contributed by atoms with van der Waals surface area (Å²) >= 11 is 1.59. The first kappa shape index (κ1) is 20.4. The van der Waals surface area contributed by atoms with Crippen molar-refractivity contribution < 1.29 is 9.53 Å². The standard InChI is InChI=1S/C21H30N2O2S/c1-6-9-23(21(24)10-15(2)3)12-18-14-26-20(22-18)13-25-19-8-7-16(4)17(5)11-19/h7-8,11,14-15H,6,9-10,12-13H2,1-5H3. The van der Waals surface area contributed by atoms with Gasteiger partial charge in [0.05, 0.1) is 12.2 Å². The van der Waals surface area contributed by atoms with Crippen molar-refractivity contribution in [2.75, 3.05) is 6.54 Å². The first-order chi connectivity index (χ1) is 12.4. The quantitative estimate of drug-likeness (QED) is 0.611. The number of hydrogen-bond acceptors (Lipinski definition) is 4. The van der Waals surface area contributed by atoms with Crippen molar-refractivity contribution in [1.82, 2.24) is 9.88 Å². The molecule has 4 nitrogen and oxygen atoms in total. The molecule has 5 heteroatoms. The molecule has 1 amide bonds. The van der Waals surface area contributed by atoms with Crippen molar-refractivity contribution in [2.24, 2.45) is 5.92 Å². The Bertz CT molecular complexity index is 725. The van der Waals surface area contributed by atoms with Crippen LogP contribution in [-0.2, 0) is 17.9 Å². The molecule has 0 fully saturated rings. The average molecular weight is 375 g/mol. The fourth-order valence-electron chi connectivity index (χ4n) is 2.67. The van der Waals surface area contributed by atoms with Crippen LogP contribution in [0, 0.1) is 19.8 Å². The maximum Gasteiger partial charge on any atom is 0.223 e. The molecule has 26 heavy (non-hydrogen) atoms. The number of aryl methyl sites for hydroxylation is 2. The molecule has 0 spiro atoms. The number of carbonyl (C=O) groups is 1. The molecule has 0 bridgehead atoms. The van der Waals surface area contributed by atoms with E-state index in [-0.39, 0.29) is 5.91 Å². The molecular weight excluding hydrogens is 344 g/mol. The number of aromatic nitrogens is 1. The second kappa shape index (κ2) is 9.72. The minimum atomic E-state index is 0.211. The van der Waals surface area contributed by atoms with E-state index in [0.717, 1.165) is 29.4 Å². The van der Waals surface area contributed by atoms with Gasteiger partial charge in [0.15, 0.2) is 0 Å². The molecular formula is C21H30N2O2S. The van der Waals surface area contributed by atoms with Crippen molar-refractivity contribution in [3.8, 4) is 5.75 Å². The van der Waals surface area contributed by atoms with Crippen LogP contribution in [0.3, 0.4) is 0 Å². The lowest BCUT2D eigenvalue weighted by molar-refractivity contribution is -0.132. The number of thiazole rings is 1. The summed E-state index contributed by atoms with van der Waals surface area (Å²) in [6.07, 6.45) is 1.55. The first-order valence-corrected chi connectivity index (χ1v) is 10.2. The van der Waals surface area contributed by atoms with Crippen LogP contribution >= 0.6 is 11.3 Å². The predicted octanol–water partition coefficient (Wildman–Crippen LogP) is 5.12. The summed E-state index contributed by atoms with van der Waals surface area (Å²) in [6, 6.07) is 6.11. The Morgan fingerprint density at radius 1 is 1.27 bits per heavy atom. The number of rotatable bonds is 9. The summed E-state index contributed by atoms with van der Waals surface area (Å²) in [5.74, 6) is 1.45. The topological polar surface area (TPSA) is 42.4 Å². The summed E-state index contributed by atoms with van der Waals surface area (Å²) < 4.78 is 5.86. The highest BCUT2D eigenvalue weighted by molar-refractivity contribution is 7.09. The van der Waals surface area contributed by atoms with Crippen molar-refractivity contribution in [1.29, 1.82) is 0 Å². The van der Waals surface area contributed by atoms with E-state index in [0.29, 0.717) is 25.5 Å². The third kappa shape index (κ3) is 6.13. The summed E-state index contributed by atoms with van der Waals surface area (Å²) in [5.41, 5.74) is 3.43. The zero-order valence-corrected chi connectivity index (χ0v) is 17.4. The molecule has 1 aromatic heterocycles. The highest BCUT2D eigenvalue weighted by Gasteiger charge is 2.16. The van der Waals surface area contributed by atoms with Crippen LogP contribution in [0.4, 0.5) is 0 Å². The SMILES string of the molecule is CCCN(Cc1csc(COc2ccc(C)c(C)c2)n1)C(=O)CC(C)C. The van der Waals surface area contributed by atoms with Gasteiger partial charge in [0.1, 0.15) is 17.4 Å². The molecule has 1 aromatic carbocycles. The number of hydrogen-bond donors (Lipinski definition) is 0. The summed E-state index contributed by atoms with van der Waals surface area (Å²) in [4.78, 5) is 19.0. The van der Waals surface area contributed by atoms with E-state index in [4.69, 9.17) is 4.74 Å². The van der Waals surface area contributed by atoms with E-state index < -0.39 is 0 Å². The van der Waals surface area contributed by atoms with Crippen LogP contribution in [0.15, 0.2) is 23.6 Å². The molecule has 0 atom stereocenters. The Labute approximate surface area is 161 Å². The number of nitrogens with zero attached hydrogens (tertiary/aromatic N) is 2. The second-order valence-electron chi connectivity index (χ2n) is 7.18. The Hall–Kier alpha value is -1.88. The number of benzene rings is 1. The van der Waals surface area contributed by atoms with E-state index in [2.05, 4.69) is 51.7 Å². The molecule has 0 radical (unpaired) electrons. The minimum Gasteiger partial charge on any atom is -0.486 e. The van der Waals surface area contributed by atoms with Gasteiger partial charge in [-0.2, -0.15) is 0 Å². The normalized spacial score (nSPS) is 11.0. The van der Waals surface area contributed by atoms with Crippen LogP contribution in [0.5, 0.6) is 5.75 Å². The van der Waals surface area contributed by atoms with Crippen molar-refractivity contribution >= 4 is 17.2 Å². The Morgan fingerprint density at radius 3 is 2.69 bits per heavy atom. The molecule has 2 rings (SSSR count). The van der Waals surface area contributed by atoms with E-state index >= 15 is 0 Å². The highest BCUT2D eigenvalue weighted by Crippen LogP contribution is 2.20. The van der Waals surface area contributed by atoms with Gasteiger partial charge < -0.3 is 9.64 Å². The van der Waals surface area contributed by atoms with Gasteiger partial charge in [-0.3, -0.25) is 4.79 Å². The lowest BCUT2D eigenvalue weighted by atomic mass is 10.1. The maximum absolute atomic E-state index is 12.4. The summed E-state index contributed by atoms with van der Waals surface area (Å²) in [7, 11) is 0. The summed E-state index contributed by atoms with van der Waals surface area (Å²) in [5, 5.41) is 2.97. The molecule has 2 aromatic rings. The number of carbonyl (C=O) groups excluding carboxylic acids is 1. The maximum atomic E-state index is 12.4. The lowest BCUT2D eigenvalue weighted by Crippen LogP contribution is -2.32. The van der Waals surface area contributed by atoms with Gasteiger partial charge in [-0.05, 0) is 49.4 Å². The van der Waals surface area contributed by atoms with Crippen molar-refractivity contribution in [3.05, 3.63) is 45.4 Å². The monoisotopic (exact) mass is 374 g/mol. The number of amides is 1. The molecule has 0 saturated heterocycles. The van der Waals surface area contributed by atoms with Crippen LogP contribution < -0.4 is 4.74 Å². The predicted molar refractivity (Wildman–Crippen MR) is 108 cm³/mol. The largest absolute Gasteiger partial charge is 0.486 e. The number of ether oxygens (including phenoxy) is 1. The second-order valence-corrected chi connectivity index (χ2v) is 8.12. The van der Waals surface area contributed by atoms with Gasteiger partial charge in [0, 0.05) is 18.3 Å². The van der Waals surface area contributed by atoms with Gasteiger partial charge in [0.25, 0.3) is 0 Å². The van der Waals surface area contributed by atoms with E-state index in [1.54, 1.807) is 11.3 Å². The molecule has 1 heterocycles. The Balaban J connectivity index is 1.94.